The van der Waals surface area contributed by atoms with Gasteiger partial charge in [-0.05, 0) is 24.1 Å². The summed E-state index contributed by atoms with van der Waals surface area (Å²) < 4.78 is 14.0. The maximum Gasteiger partial charge on any atom is 0.126 e. The van der Waals surface area contributed by atoms with Crippen molar-refractivity contribution in [2.24, 2.45) is 17.6 Å². The van der Waals surface area contributed by atoms with Crippen LogP contribution >= 0.6 is 0 Å². The average Bonchev–Trinajstić information content (AvgIpc) is 2.22. The Morgan fingerprint density at radius 1 is 1.44 bits per heavy atom. The van der Waals surface area contributed by atoms with Gasteiger partial charge in [-0.2, -0.15) is 0 Å². The molecule has 0 amide bonds. The molecule has 16 heavy (non-hydrogen) atoms. The zero-order chi connectivity index (χ0) is 12.1. The van der Waals surface area contributed by atoms with Crippen molar-refractivity contribution in [2.45, 2.75) is 26.4 Å². The molecular formula is C12H20FN3. The van der Waals surface area contributed by atoms with Gasteiger partial charge in [-0.3, -0.25) is 0 Å². The van der Waals surface area contributed by atoms with Crippen LogP contribution in [-0.4, -0.2) is 17.7 Å². The fourth-order valence-corrected chi connectivity index (χ4v) is 1.82. The number of aromatic nitrogens is 1. The predicted octanol–water partition coefficient (Wildman–Crippen LogP) is 1.78. The molecule has 0 bridgehead atoms. The first-order chi connectivity index (χ1) is 7.56. The number of anilines is 1. The highest BCUT2D eigenvalue weighted by Crippen LogP contribution is 2.22. The highest BCUT2D eigenvalue weighted by Gasteiger charge is 2.23. The Hall–Kier alpha value is -1.16. The van der Waals surface area contributed by atoms with Crippen molar-refractivity contribution in [3.05, 3.63) is 23.9 Å². The summed E-state index contributed by atoms with van der Waals surface area (Å²) in [7, 11) is 0. The number of halogens is 1. The summed E-state index contributed by atoms with van der Waals surface area (Å²) in [4.78, 5) is 3.94. The zero-order valence-corrected chi connectivity index (χ0v) is 9.86. The van der Waals surface area contributed by atoms with Crippen molar-refractivity contribution in [1.29, 1.82) is 0 Å². The lowest BCUT2D eigenvalue weighted by Gasteiger charge is -2.23. The monoisotopic (exact) mass is 225 g/mol. The van der Waals surface area contributed by atoms with Gasteiger partial charge in [0.15, 0.2) is 0 Å². The van der Waals surface area contributed by atoms with Crippen LogP contribution in [0.4, 0.5) is 10.2 Å². The second kappa shape index (κ2) is 5.80. The summed E-state index contributed by atoms with van der Waals surface area (Å²) in [6.45, 7) is 4.33. The number of nitrogens with two attached hydrogens (primary N) is 2. The van der Waals surface area contributed by atoms with Gasteiger partial charge in [-0.15, -0.1) is 0 Å². The lowest BCUT2D eigenvalue weighted by molar-refractivity contribution is 0.185. The van der Waals surface area contributed by atoms with E-state index in [0.717, 1.165) is 5.56 Å². The smallest absolute Gasteiger partial charge is 0.126 e. The van der Waals surface area contributed by atoms with Crippen LogP contribution in [0.1, 0.15) is 19.4 Å². The highest BCUT2D eigenvalue weighted by molar-refractivity contribution is 5.38. The summed E-state index contributed by atoms with van der Waals surface area (Å²) >= 11 is 0. The van der Waals surface area contributed by atoms with Crippen molar-refractivity contribution in [1.82, 2.24) is 4.98 Å². The summed E-state index contributed by atoms with van der Waals surface area (Å²) in [5.74, 6) is 0.516. The Bertz CT molecular complexity index is 328. The van der Waals surface area contributed by atoms with Gasteiger partial charge in [0.05, 0.1) is 0 Å². The number of nitrogen functional groups attached to an aromatic ring is 1. The van der Waals surface area contributed by atoms with Crippen molar-refractivity contribution < 1.29 is 4.39 Å². The molecule has 0 saturated heterocycles. The van der Waals surface area contributed by atoms with Crippen LogP contribution in [0.5, 0.6) is 0 Å². The third kappa shape index (κ3) is 3.17. The number of hydrogen-bond acceptors (Lipinski definition) is 3. The molecule has 0 spiro atoms. The minimum atomic E-state index is -0.962. The van der Waals surface area contributed by atoms with Crippen LogP contribution in [0.25, 0.3) is 0 Å². The van der Waals surface area contributed by atoms with Crippen LogP contribution in [0, 0.1) is 11.8 Å². The molecule has 0 aliphatic carbocycles. The number of rotatable bonds is 5. The first-order valence-corrected chi connectivity index (χ1v) is 5.59. The van der Waals surface area contributed by atoms with E-state index in [9.17, 15) is 4.39 Å². The van der Waals surface area contributed by atoms with Gasteiger partial charge < -0.3 is 11.5 Å². The minimum absolute atomic E-state index is 0.125. The van der Waals surface area contributed by atoms with E-state index < -0.39 is 6.17 Å². The number of alkyl halides is 1. The van der Waals surface area contributed by atoms with Gasteiger partial charge in [-0.1, -0.05) is 19.9 Å². The second-order valence-electron chi connectivity index (χ2n) is 4.41. The normalized spacial score (nSPS) is 15.1. The maximum absolute atomic E-state index is 14.0. The summed E-state index contributed by atoms with van der Waals surface area (Å²) in [6.07, 6.45) is 0.936. The van der Waals surface area contributed by atoms with E-state index >= 15 is 0 Å². The van der Waals surface area contributed by atoms with E-state index in [-0.39, 0.29) is 11.8 Å². The van der Waals surface area contributed by atoms with Crippen LogP contribution in [0.3, 0.4) is 0 Å². The zero-order valence-electron chi connectivity index (χ0n) is 9.86. The summed E-state index contributed by atoms with van der Waals surface area (Å²) in [5.41, 5.74) is 12.0. The Balaban J connectivity index is 2.70. The lowest BCUT2D eigenvalue weighted by atomic mass is 9.88. The first-order valence-electron chi connectivity index (χ1n) is 5.59. The molecular weight excluding hydrogens is 205 g/mol. The van der Waals surface area contributed by atoms with E-state index in [0.29, 0.717) is 18.8 Å². The molecule has 90 valence electrons. The predicted molar refractivity (Wildman–Crippen MR) is 64.6 cm³/mol. The molecule has 1 heterocycles. The van der Waals surface area contributed by atoms with Crippen molar-refractivity contribution in [2.75, 3.05) is 12.3 Å². The molecule has 0 fully saturated rings. The Morgan fingerprint density at radius 3 is 2.62 bits per heavy atom. The third-order valence-corrected chi connectivity index (χ3v) is 2.93. The number of hydrogen-bond donors (Lipinski definition) is 2. The molecule has 1 rings (SSSR count). The van der Waals surface area contributed by atoms with Crippen LogP contribution in [-0.2, 0) is 6.42 Å². The molecule has 0 aromatic carbocycles. The molecule has 4 heteroatoms. The Labute approximate surface area is 96.1 Å². The number of nitrogens with zero attached hydrogens (tertiary/aromatic N) is 1. The van der Waals surface area contributed by atoms with Crippen LogP contribution in [0.15, 0.2) is 18.3 Å². The Kier molecular flexibility index (Phi) is 4.68. The molecule has 0 radical (unpaired) electrons. The second-order valence-corrected chi connectivity index (χ2v) is 4.41. The largest absolute Gasteiger partial charge is 0.383 e. The molecule has 0 saturated carbocycles. The van der Waals surface area contributed by atoms with Gasteiger partial charge in [-0.25, -0.2) is 9.37 Å². The molecule has 0 aliphatic heterocycles. The lowest BCUT2D eigenvalue weighted by Crippen LogP contribution is -2.31. The topological polar surface area (TPSA) is 64.9 Å². The third-order valence-electron chi connectivity index (χ3n) is 2.93. The van der Waals surface area contributed by atoms with Gasteiger partial charge >= 0.3 is 0 Å². The maximum atomic E-state index is 14.0. The van der Waals surface area contributed by atoms with E-state index in [2.05, 4.69) is 4.98 Å². The molecule has 3 nitrogen and oxygen atoms in total. The van der Waals surface area contributed by atoms with Gasteiger partial charge in [0.2, 0.25) is 0 Å². The highest BCUT2D eigenvalue weighted by atomic mass is 19.1. The molecule has 2 unspecified atom stereocenters. The fourth-order valence-electron chi connectivity index (χ4n) is 1.82. The van der Waals surface area contributed by atoms with Gasteiger partial charge in [0.25, 0.3) is 0 Å². The molecule has 1 aromatic rings. The SMILES string of the molecule is CC(C)C(CN)C(F)Cc1cccnc1N. The first kappa shape index (κ1) is 12.9. The molecule has 0 aliphatic rings. The summed E-state index contributed by atoms with van der Waals surface area (Å²) in [6, 6.07) is 3.58. The molecule has 4 N–H and O–H groups in total. The standard InChI is InChI=1S/C12H20FN3/c1-8(2)10(7-14)11(13)6-9-4-3-5-16-12(9)15/h3-5,8,10-11H,6-7,14H2,1-2H3,(H2,15,16). The van der Waals surface area contributed by atoms with Gasteiger partial charge in [0, 0.05) is 18.5 Å². The molecule has 1 aromatic heterocycles. The van der Waals surface area contributed by atoms with E-state index in [1.165, 1.54) is 0 Å². The van der Waals surface area contributed by atoms with Crippen molar-refractivity contribution in [3.63, 3.8) is 0 Å². The minimum Gasteiger partial charge on any atom is -0.383 e. The van der Waals surface area contributed by atoms with Crippen molar-refractivity contribution >= 4 is 5.82 Å². The average molecular weight is 225 g/mol. The Morgan fingerprint density at radius 2 is 2.12 bits per heavy atom. The van der Waals surface area contributed by atoms with Gasteiger partial charge in [0.1, 0.15) is 12.0 Å². The quantitative estimate of drug-likeness (QED) is 0.802. The summed E-state index contributed by atoms with van der Waals surface area (Å²) in [5, 5.41) is 0. The van der Waals surface area contributed by atoms with E-state index in [4.69, 9.17) is 11.5 Å². The fraction of sp³-hybridized carbons (Fsp3) is 0.583. The van der Waals surface area contributed by atoms with Crippen molar-refractivity contribution in [3.8, 4) is 0 Å². The van der Waals surface area contributed by atoms with Crippen LogP contribution in [0.2, 0.25) is 0 Å². The van der Waals surface area contributed by atoms with Crippen LogP contribution < -0.4 is 11.5 Å². The molecule has 2 atom stereocenters. The van der Waals surface area contributed by atoms with E-state index in [1.807, 2.05) is 19.9 Å². The van der Waals surface area contributed by atoms with E-state index in [1.54, 1.807) is 12.3 Å². The number of pyridine rings is 1.